The van der Waals surface area contributed by atoms with Crippen molar-refractivity contribution in [3.63, 3.8) is 0 Å². The Balaban J connectivity index is 2.52. The highest BCUT2D eigenvalue weighted by Crippen LogP contribution is 2.21. The lowest BCUT2D eigenvalue weighted by molar-refractivity contribution is 0.277. The average Bonchev–Trinajstić information content (AvgIpc) is 2.71. The third-order valence-corrected chi connectivity index (χ3v) is 1.84. The van der Waals surface area contributed by atoms with E-state index in [0.717, 1.165) is 5.69 Å². The van der Waals surface area contributed by atoms with Crippen LogP contribution in [0.2, 0.25) is 0 Å². The molecule has 0 fully saturated rings. The Morgan fingerprint density at radius 2 is 2.46 bits per heavy atom. The first kappa shape index (κ1) is 8.00. The Hall–Kier alpha value is -1.62. The van der Waals surface area contributed by atoms with Gasteiger partial charge >= 0.3 is 0 Å². The van der Waals surface area contributed by atoms with Gasteiger partial charge in [-0.05, 0) is 6.07 Å². The highest BCUT2D eigenvalue weighted by molar-refractivity contribution is 5.54. The summed E-state index contributed by atoms with van der Waals surface area (Å²) in [5.74, 6) is 0.572. The first-order chi connectivity index (χ1) is 6.33. The van der Waals surface area contributed by atoms with Crippen LogP contribution < -0.4 is 0 Å². The summed E-state index contributed by atoms with van der Waals surface area (Å²) >= 11 is 0. The Bertz CT molecular complexity index is 405. The fourth-order valence-corrected chi connectivity index (χ4v) is 1.19. The fourth-order valence-electron chi connectivity index (χ4n) is 1.19. The summed E-state index contributed by atoms with van der Waals surface area (Å²) in [6, 6.07) is 1.81. The van der Waals surface area contributed by atoms with Gasteiger partial charge in [0.05, 0.1) is 6.61 Å². The summed E-state index contributed by atoms with van der Waals surface area (Å²) in [5, 5.41) is 12.9. The topological polar surface area (TPSA) is 64.1 Å². The zero-order valence-corrected chi connectivity index (χ0v) is 7.14. The van der Waals surface area contributed by atoms with Crippen molar-refractivity contribution >= 4 is 0 Å². The second-order valence-electron chi connectivity index (χ2n) is 2.63. The van der Waals surface area contributed by atoms with E-state index < -0.39 is 0 Å². The molecule has 0 aliphatic rings. The van der Waals surface area contributed by atoms with Gasteiger partial charge in [-0.15, -0.1) is 0 Å². The SMILES string of the molecule is Cn1nccc1-c1ocnc1CO. The van der Waals surface area contributed by atoms with E-state index in [2.05, 4.69) is 10.1 Å². The van der Waals surface area contributed by atoms with Crippen LogP contribution in [0.25, 0.3) is 11.5 Å². The van der Waals surface area contributed by atoms with Gasteiger partial charge in [-0.25, -0.2) is 4.98 Å². The molecule has 2 aromatic heterocycles. The molecule has 13 heavy (non-hydrogen) atoms. The first-order valence-corrected chi connectivity index (χ1v) is 3.84. The molecule has 1 N–H and O–H groups in total. The predicted octanol–water partition coefficient (Wildman–Crippen LogP) is 0.567. The van der Waals surface area contributed by atoms with E-state index in [-0.39, 0.29) is 6.61 Å². The summed E-state index contributed by atoms with van der Waals surface area (Å²) in [4.78, 5) is 3.87. The molecular formula is C8H9N3O2. The van der Waals surface area contributed by atoms with Crippen LogP contribution in [-0.4, -0.2) is 19.9 Å². The minimum absolute atomic E-state index is 0.128. The van der Waals surface area contributed by atoms with Gasteiger partial charge in [0.25, 0.3) is 0 Å². The van der Waals surface area contributed by atoms with Crippen LogP contribution in [0, 0.1) is 0 Å². The Kier molecular flexibility index (Phi) is 1.86. The summed E-state index contributed by atoms with van der Waals surface area (Å²) in [6.45, 7) is -0.128. The lowest BCUT2D eigenvalue weighted by atomic mass is 10.3. The fraction of sp³-hybridized carbons (Fsp3) is 0.250. The largest absolute Gasteiger partial charge is 0.441 e. The molecule has 0 bridgehead atoms. The number of aromatic nitrogens is 3. The molecule has 5 heteroatoms. The number of rotatable bonds is 2. The summed E-state index contributed by atoms with van der Waals surface area (Å²) < 4.78 is 6.82. The molecule has 0 unspecified atom stereocenters. The molecular weight excluding hydrogens is 170 g/mol. The smallest absolute Gasteiger partial charge is 0.181 e. The maximum Gasteiger partial charge on any atom is 0.181 e. The second-order valence-corrected chi connectivity index (χ2v) is 2.63. The number of aliphatic hydroxyl groups excluding tert-OH is 1. The van der Waals surface area contributed by atoms with Gasteiger partial charge in [-0.2, -0.15) is 5.10 Å². The van der Waals surface area contributed by atoms with Crippen molar-refractivity contribution in [3.8, 4) is 11.5 Å². The predicted molar refractivity (Wildman–Crippen MR) is 44.6 cm³/mol. The quantitative estimate of drug-likeness (QED) is 0.731. The van der Waals surface area contributed by atoms with Gasteiger partial charge in [0.1, 0.15) is 11.4 Å². The lowest BCUT2D eigenvalue weighted by Gasteiger charge is -1.98. The number of nitrogens with zero attached hydrogens (tertiary/aromatic N) is 3. The van der Waals surface area contributed by atoms with E-state index in [9.17, 15) is 0 Å². The van der Waals surface area contributed by atoms with Gasteiger partial charge in [-0.1, -0.05) is 0 Å². The van der Waals surface area contributed by atoms with Crippen LogP contribution in [0.5, 0.6) is 0 Å². The van der Waals surface area contributed by atoms with E-state index in [0.29, 0.717) is 11.5 Å². The van der Waals surface area contributed by atoms with Crippen LogP contribution in [0.3, 0.4) is 0 Å². The number of hydrogen-bond acceptors (Lipinski definition) is 4. The van der Waals surface area contributed by atoms with E-state index >= 15 is 0 Å². The first-order valence-electron chi connectivity index (χ1n) is 3.84. The molecule has 0 saturated carbocycles. The minimum Gasteiger partial charge on any atom is -0.441 e. The zero-order valence-electron chi connectivity index (χ0n) is 7.14. The van der Waals surface area contributed by atoms with Gasteiger partial charge < -0.3 is 9.52 Å². The molecule has 0 atom stereocenters. The minimum atomic E-state index is -0.128. The van der Waals surface area contributed by atoms with Crippen molar-refractivity contribution in [1.82, 2.24) is 14.8 Å². The summed E-state index contributed by atoms with van der Waals surface area (Å²) in [6.07, 6.45) is 2.98. The highest BCUT2D eigenvalue weighted by Gasteiger charge is 2.12. The average molecular weight is 179 g/mol. The second kappa shape index (κ2) is 3.02. The van der Waals surface area contributed by atoms with Gasteiger partial charge in [0.15, 0.2) is 12.2 Å². The van der Waals surface area contributed by atoms with Crippen LogP contribution in [0.1, 0.15) is 5.69 Å². The molecule has 0 spiro atoms. The molecule has 0 aliphatic carbocycles. The van der Waals surface area contributed by atoms with Gasteiger partial charge in [-0.3, -0.25) is 4.68 Å². The molecule has 0 aromatic carbocycles. The van der Waals surface area contributed by atoms with Gasteiger partial charge in [0, 0.05) is 13.2 Å². The number of hydrogen-bond donors (Lipinski definition) is 1. The maximum atomic E-state index is 8.94. The monoisotopic (exact) mass is 179 g/mol. The Morgan fingerprint density at radius 1 is 1.62 bits per heavy atom. The number of aryl methyl sites for hydroxylation is 1. The molecule has 2 rings (SSSR count). The molecule has 0 radical (unpaired) electrons. The van der Waals surface area contributed by atoms with Crippen molar-refractivity contribution in [3.05, 3.63) is 24.4 Å². The molecule has 0 aliphatic heterocycles. The molecule has 2 aromatic rings. The van der Waals surface area contributed by atoms with Crippen LogP contribution in [0.15, 0.2) is 23.1 Å². The molecule has 2 heterocycles. The zero-order chi connectivity index (χ0) is 9.26. The molecule has 0 saturated heterocycles. The van der Waals surface area contributed by atoms with Crippen molar-refractivity contribution in [2.45, 2.75) is 6.61 Å². The molecule has 68 valence electrons. The number of aliphatic hydroxyl groups is 1. The lowest BCUT2D eigenvalue weighted by Crippen LogP contribution is -1.95. The standard InChI is InChI=1S/C8H9N3O2/c1-11-7(2-3-10-11)8-6(4-12)9-5-13-8/h2-3,5,12H,4H2,1H3. The third kappa shape index (κ3) is 1.23. The normalized spacial score (nSPS) is 10.6. The summed E-state index contributed by atoms with van der Waals surface area (Å²) in [7, 11) is 1.80. The van der Waals surface area contributed by atoms with Crippen molar-refractivity contribution in [2.24, 2.45) is 7.05 Å². The highest BCUT2D eigenvalue weighted by atomic mass is 16.3. The summed E-state index contributed by atoms with van der Waals surface area (Å²) in [5.41, 5.74) is 1.34. The van der Waals surface area contributed by atoms with Crippen LogP contribution in [0.4, 0.5) is 0 Å². The van der Waals surface area contributed by atoms with E-state index in [1.807, 2.05) is 0 Å². The molecule has 5 nitrogen and oxygen atoms in total. The van der Waals surface area contributed by atoms with Crippen molar-refractivity contribution in [1.29, 1.82) is 0 Å². The third-order valence-electron chi connectivity index (χ3n) is 1.84. The molecule has 0 amide bonds. The Labute approximate surface area is 74.6 Å². The number of oxazole rings is 1. The maximum absolute atomic E-state index is 8.94. The van der Waals surface area contributed by atoms with E-state index in [1.165, 1.54) is 6.39 Å². The van der Waals surface area contributed by atoms with Gasteiger partial charge in [0.2, 0.25) is 0 Å². The van der Waals surface area contributed by atoms with Crippen LogP contribution >= 0.6 is 0 Å². The van der Waals surface area contributed by atoms with E-state index in [4.69, 9.17) is 9.52 Å². The van der Waals surface area contributed by atoms with E-state index in [1.54, 1.807) is 24.0 Å². The Morgan fingerprint density at radius 3 is 3.08 bits per heavy atom. The van der Waals surface area contributed by atoms with Crippen molar-refractivity contribution < 1.29 is 9.52 Å². The van der Waals surface area contributed by atoms with Crippen molar-refractivity contribution in [2.75, 3.05) is 0 Å². The van der Waals surface area contributed by atoms with Crippen LogP contribution in [-0.2, 0) is 13.7 Å².